The number of anilines is 3. The number of para-hydroxylation sites is 2. The number of hydrogen-bond acceptors (Lipinski definition) is 1. The van der Waals surface area contributed by atoms with Crippen LogP contribution in [0, 0.1) is 0 Å². The zero-order chi connectivity index (χ0) is 39.5. The van der Waals surface area contributed by atoms with E-state index in [0.29, 0.717) is 0 Å². The van der Waals surface area contributed by atoms with Crippen molar-refractivity contribution >= 4 is 38.9 Å². The number of benzene rings is 9. The van der Waals surface area contributed by atoms with E-state index in [1.165, 1.54) is 77.4 Å². The number of fused-ring (bicyclic) bond motifs is 6. The summed E-state index contributed by atoms with van der Waals surface area (Å²) in [6.07, 6.45) is 0. The second-order valence-corrected chi connectivity index (χ2v) is 16.2. The van der Waals surface area contributed by atoms with Crippen molar-refractivity contribution in [3.63, 3.8) is 0 Å². The predicted octanol–water partition coefficient (Wildman–Crippen LogP) is 15.6. The number of rotatable bonds is 7. The van der Waals surface area contributed by atoms with Crippen molar-refractivity contribution in [2.75, 3.05) is 4.90 Å². The first-order chi connectivity index (χ1) is 29.0. The van der Waals surface area contributed by atoms with Gasteiger partial charge in [-0.2, -0.15) is 0 Å². The van der Waals surface area contributed by atoms with Crippen molar-refractivity contribution < 1.29 is 0 Å². The number of nitrogens with zero attached hydrogens (tertiary/aromatic N) is 2. The fourth-order valence-corrected chi connectivity index (χ4v) is 9.48. The molecule has 0 spiro atoms. The van der Waals surface area contributed by atoms with Gasteiger partial charge in [-0.1, -0.05) is 172 Å². The summed E-state index contributed by atoms with van der Waals surface area (Å²) < 4.78 is 2.37. The molecule has 0 atom stereocenters. The van der Waals surface area contributed by atoms with Crippen LogP contribution in [0.2, 0.25) is 0 Å². The van der Waals surface area contributed by atoms with Gasteiger partial charge >= 0.3 is 0 Å². The highest BCUT2D eigenvalue weighted by molar-refractivity contribution is 6.09. The van der Waals surface area contributed by atoms with E-state index in [2.05, 4.69) is 242 Å². The molecule has 1 aliphatic carbocycles. The van der Waals surface area contributed by atoms with Gasteiger partial charge in [0.15, 0.2) is 0 Å². The Bertz CT molecular complexity index is 3100. The van der Waals surface area contributed by atoms with Gasteiger partial charge < -0.3 is 9.47 Å². The molecule has 0 unspecified atom stereocenters. The van der Waals surface area contributed by atoms with Gasteiger partial charge in [0.05, 0.1) is 11.0 Å². The van der Waals surface area contributed by atoms with Gasteiger partial charge in [-0.3, -0.25) is 0 Å². The maximum Gasteiger partial charge on any atom is 0.0541 e. The molecule has 2 heteroatoms. The van der Waals surface area contributed by atoms with Crippen LogP contribution >= 0.6 is 0 Å². The Morgan fingerprint density at radius 2 is 0.780 bits per heavy atom. The molecule has 0 bridgehead atoms. The van der Waals surface area contributed by atoms with Crippen molar-refractivity contribution in [1.29, 1.82) is 0 Å². The topological polar surface area (TPSA) is 8.17 Å². The van der Waals surface area contributed by atoms with Crippen molar-refractivity contribution in [3.05, 3.63) is 230 Å². The van der Waals surface area contributed by atoms with Crippen molar-refractivity contribution in [2.24, 2.45) is 0 Å². The van der Waals surface area contributed by atoms with Gasteiger partial charge in [0.2, 0.25) is 0 Å². The van der Waals surface area contributed by atoms with E-state index in [4.69, 9.17) is 0 Å². The molecule has 1 aromatic heterocycles. The molecule has 2 nitrogen and oxygen atoms in total. The highest BCUT2D eigenvalue weighted by Gasteiger charge is 2.35. The van der Waals surface area contributed by atoms with E-state index in [-0.39, 0.29) is 5.41 Å². The molecule has 0 N–H and O–H groups in total. The monoisotopic (exact) mass is 754 g/mol. The molecule has 10 aromatic rings. The molecule has 11 rings (SSSR count). The molecule has 9 aromatic carbocycles. The Balaban J connectivity index is 0.973. The second kappa shape index (κ2) is 13.9. The second-order valence-electron chi connectivity index (χ2n) is 16.2. The third-order valence-corrected chi connectivity index (χ3v) is 12.4. The van der Waals surface area contributed by atoms with Crippen LogP contribution in [0.3, 0.4) is 0 Å². The maximum absolute atomic E-state index is 2.41. The molecule has 0 fully saturated rings. The first-order valence-electron chi connectivity index (χ1n) is 20.5. The molecule has 0 saturated heterocycles. The molecule has 1 aliphatic rings. The van der Waals surface area contributed by atoms with Crippen LogP contribution in [-0.4, -0.2) is 4.57 Å². The first kappa shape index (κ1) is 34.8. The van der Waals surface area contributed by atoms with Crippen molar-refractivity contribution in [3.8, 4) is 50.2 Å². The molecule has 0 radical (unpaired) electrons. The Labute approximate surface area is 345 Å². The third kappa shape index (κ3) is 5.79. The molecule has 0 amide bonds. The molecule has 0 aliphatic heterocycles. The van der Waals surface area contributed by atoms with Crippen LogP contribution in [0.5, 0.6) is 0 Å². The summed E-state index contributed by atoms with van der Waals surface area (Å²) in [5.41, 5.74) is 19.5. The summed E-state index contributed by atoms with van der Waals surface area (Å²) in [4.78, 5) is 2.40. The first-order valence-corrected chi connectivity index (χ1v) is 20.5. The predicted molar refractivity (Wildman–Crippen MR) is 249 cm³/mol. The summed E-state index contributed by atoms with van der Waals surface area (Å²) >= 11 is 0. The molecular weight excluding hydrogens is 713 g/mol. The zero-order valence-corrected chi connectivity index (χ0v) is 33.2. The summed E-state index contributed by atoms with van der Waals surface area (Å²) in [5, 5.41) is 2.55. The smallest absolute Gasteiger partial charge is 0.0541 e. The Hall–Kier alpha value is -7.42. The van der Waals surface area contributed by atoms with E-state index in [1.807, 2.05) is 0 Å². The quantitative estimate of drug-likeness (QED) is 0.157. The lowest BCUT2D eigenvalue weighted by Gasteiger charge is -2.28. The van der Waals surface area contributed by atoms with Gasteiger partial charge in [0, 0.05) is 38.9 Å². The minimum absolute atomic E-state index is 0.103. The SMILES string of the molecule is CC1(C)c2ccccc2-c2ccc(N(c3ccc(-c4ccc(-n5c6ccccc6c6ccccc65)cc4)cc3)c3ccc(-c4ccccc4-c4ccccc4)cc3)cc21. The van der Waals surface area contributed by atoms with Crippen LogP contribution in [0.25, 0.3) is 72.0 Å². The van der Waals surface area contributed by atoms with Gasteiger partial charge in [-0.15, -0.1) is 0 Å². The van der Waals surface area contributed by atoms with Gasteiger partial charge in [0.1, 0.15) is 0 Å². The van der Waals surface area contributed by atoms with Crippen molar-refractivity contribution in [1.82, 2.24) is 4.57 Å². The average molecular weight is 755 g/mol. The molecule has 1 heterocycles. The maximum atomic E-state index is 2.41. The summed E-state index contributed by atoms with van der Waals surface area (Å²) in [6, 6.07) is 79.7. The fraction of sp³-hybridized carbons (Fsp3) is 0.0526. The lowest BCUT2D eigenvalue weighted by molar-refractivity contribution is 0.660. The fourth-order valence-electron chi connectivity index (χ4n) is 9.48. The van der Waals surface area contributed by atoms with Crippen LogP contribution in [0.4, 0.5) is 17.1 Å². The van der Waals surface area contributed by atoms with Crippen molar-refractivity contribution in [2.45, 2.75) is 19.3 Å². The summed E-state index contributed by atoms with van der Waals surface area (Å²) in [5.74, 6) is 0. The summed E-state index contributed by atoms with van der Waals surface area (Å²) in [7, 11) is 0. The van der Waals surface area contributed by atoms with Crippen LogP contribution in [0.1, 0.15) is 25.0 Å². The van der Waals surface area contributed by atoms with Gasteiger partial charge in [-0.25, -0.2) is 0 Å². The number of aromatic nitrogens is 1. The minimum atomic E-state index is -0.103. The Morgan fingerprint density at radius 1 is 0.339 bits per heavy atom. The third-order valence-electron chi connectivity index (χ3n) is 12.4. The van der Waals surface area contributed by atoms with E-state index in [1.54, 1.807) is 0 Å². The normalized spacial score (nSPS) is 12.7. The molecular formula is C57H42N2. The van der Waals surface area contributed by atoms with Crippen LogP contribution < -0.4 is 4.90 Å². The van der Waals surface area contributed by atoms with E-state index in [9.17, 15) is 0 Å². The Morgan fingerprint density at radius 3 is 1.39 bits per heavy atom. The lowest BCUT2D eigenvalue weighted by Crippen LogP contribution is -2.16. The minimum Gasteiger partial charge on any atom is -0.310 e. The lowest BCUT2D eigenvalue weighted by atomic mass is 9.82. The van der Waals surface area contributed by atoms with E-state index in [0.717, 1.165) is 22.7 Å². The standard InChI is InChI=1S/C57H42N2/c1-57(2)53-21-11-8-18-49(53)50-37-36-46(38-54(50)57)58(44-34-28-42(29-35-44)48-17-7-6-16-47(48)41-14-4-3-5-15-41)43-30-24-39(25-31-43)40-26-32-45(33-27-40)59-55-22-12-9-19-51(55)52-20-10-13-23-56(52)59/h3-38H,1-2H3. The number of hydrogen-bond donors (Lipinski definition) is 0. The molecule has 0 saturated carbocycles. The molecule has 59 heavy (non-hydrogen) atoms. The average Bonchev–Trinajstić information content (AvgIpc) is 3.75. The highest BCUT2D eigenvalue weighted by atomic mass is 15.1. The largest absolute Gasteiger partial charge is 0.310 e. The summed E-state index contributed by atoms with van der Waals surface area (Å²) in [6.45, 7) is 4.71. The van der Waals surface area contributed by atoms with E-state index < -0.39 is 0 Å². The van der Waals surface area contributed by atoms with Gasteiger partial charge in [0.25, 0.3) is 0 Å². The highest BCUT2D eigenvalue weighted by Crippen LogP contribution is 2.51. The van der Waals surface area contributed by atoms with Crippen LogP contribution in [0.15, 0.2) is 218 Å². The molecule has 280 valence electrons. The van der Waals surface area contributed by atoms with E-state index >= 15 is 0 Å². The zero-order valence-electron chi connectivity index (χ0n) is 33.2. The Kier molecular flexibility index (Phi) is 8.20. The van der Waals surface area contributed by atoms with Crippen LogP contribution in [-0.2, 0) is 5.41 Å². The van der Waals surface area contributed by atoms with Gasteiger partial charge in [-0.05, 0) is 116 Å².